The Labute approximate surface area is 405 Å². The Morgan fingerprint density at radius 3 is 1.60 bits per heavy atom. The van der Waals surface area contributed by atoms with E-state index in [1.165, 1.54) is 50.1 Å². The smallest absolute Gasteiger partial charge is 0.159 e. The summed E-state index contributed by atoms with van der Waals surface area (Å²) < 4.78 is 14.0. The first-order chi connectivity index (χ1) is 34.7. The normalized spacial score (nSPS) is 14.5. The predicted octanol–water partition coefficient (Wildman–Crippen LogP) is 18.2. The summed E-state index contributed by atoms with van der Waals surface area (Å²) in [4.78, 5) is 2.43. The van der Waals surface area contributed by atoms with Gasteiger partial charge in [-0.15, -0.1) is 0 Å². The van der Waals surface area contributed by atoms with Crippen molar-refractivity contribution in [3.05, 3.63) is 271 Å². The van der Waals surface area contributed by atoms with E-state index in [4.69, 9.17) is 9.15 Å². The summed E-state index contributed by atoms with van der Waals surface area (Å²) >= 11 is 0. The number of rotatable bonds is 4. The summed E-state index contributed by atoms with van der Waals surface area (Å²) in [7, 11) is 0. The fourth-order valence-corrected chi connectivity index (χ4v) is 12.2. The Kier molecular flexibility index (Phi) is 8.28. The first-order valence-corrected chi connectivity index (χ1v) is 24.1. The van der Waals surface area contributed by atoms with Gasteiger partial charge in [-0.25, -0.2) is 0 Å². The Hall–Kier alpha value is -9.18. The molecule has 3 nitrogen and oxygen atoms in total. The van der Waals surface area contributed by atoms with Crippen LogP contribution in [0, 0.1) is 0 Å². The van der Waals surface area contributed by atoms with Gasteiger partial charge in [0.1, 0.15) is 16.9 Å². The number of furan rings is 1. The van der Waals surface area contributed by atoms with Crippen molar-refractivity contribution >= 4 is 39.0 Å². The maximum Gasteiger partial charge on any atom is 0.159 e. The van der Waals surface area contributed by atoms with Crippen LogP contribution in [0.1, 0.15) is 22.3 Å². The standard InChI is InChI=1S/C67H41NO2/c1-2-19-42(20-3-1)44-21-10-15-33-61(44)68(62-34-18-30-53-47-24-6-5-23-46(47)51-28-11-17-36-64(51)70-66(53)62)43-37-38-59-54(39-43)48-25-7-4-22-45(48)49-26-8-13-31-57(49)67(59)58-32-14-9-27-50(58)55-40-56-52-29-12-16-35-63(52)69-65(56)41-60(55)67/h1-41H. The highest BCUT2D eigenvalue weighted by Gasteiger charge is 2.50. The van der Waals surface area contributed by atoms with E-state index in [0.717, 1.165) is 89.4 Å². The highest BCUT2D eigenvalue weighted by Crippen LogP contribution is 2.63. The van der Waals surface area contributed by atoms with Crippen LogP contribution in [0.25, 0.3) is 88.7 Å². The molecule has 1 spiro atoms. The molecule has 1 aromatic heterocycles. The molecule has 0 amide bonds. The van der Waals surface area contributed by atoms with Crippen LogP contribution in [0.3, 0.4) is 0 Å². The lowest BCUT2D eigenvalue weighted by Gasteiger charge is -2.36. The lowest BCUT2D eigenvalue weighted by molar-refractivity contribution is 0.489. The number of nitrogens with zero attached hydrogens (tertiary/aromatic N) is 1. The molecular formula is C67H41NO2. The summed E-state index contributed by atoms with van der Waals surface area (Å²) in [6.07, 6.45) is 0. The molecule has 0 saturated heterocycles. The van der Waals surface area contributed by atoms with E-state index < -0.39 is 5.41 Å². The average Bonchev–Trinajstić information content (AvgIpc) is 3.84. The van der Waals surface area contributed by atoms with E-state index in [1.54, 1.807) is 0 Å². The highest BCUT2D eigenvalue weighted by molar-refractivity contribution is 6.09. The second-order valence-corrected chi connectivity index (χ2v) is 18.6. The molecule has 3 heteroatoms. The maximum atomic E-state index is 7.28. The van der Waals surface area contributed by atoms with Crippen LogP contribution in [-0.2, 0) is 5.41 Å². The minimum absolute atomic E-state index is 0.699. The van der Waals surface area contributed by atoms with Crippen molar-refractivity contribution in [1.82, 2.24) is 0 Å². The molecule has 3 aliphatic rings. The zero-order valence-electron chi connectivity index (χ0n) is 37.9. The Morgan fingerprint density at radius 1 is 0.300 bits per heavy atom. The van der Waals surface area contributed by atoms with E-state index >= 15 is 0 Å². The number of anilines is 3. The van der Waals surface area contributed by atoms with Gasteiger partial charge in [0.15, 0.2) is 5.75 Å². The van der Waals surface area contributed by atoms with Gasteiger partial charge in [0.2, 0.25) is 0 Å². The van der Waals surface area contributed by atoms with Crippen LogP contribution in [0.4, 0.5) is 17.1 Å². The molecule has 1 aliphatic heterocycles. The van der Waals surface area contributed by atoms with Gasteiger partial charge in [-0.05, 0) is 121 Å². The van der Waals surface area contributed by atoms with Crippen LogP contribution in [0.2, 0.25) is 0 Å². The molecule has 12 aromatic rings. The molecule has 0 N–H and O–H groups in total. The van der Waals surface area contributed by atoms with Crippen molar-refractivity contribution in [2.75, 3.05) is 4.90 Å². The van der Waals surface area contributed by atoms with Gasteiger partial charge in [0.25, 0.3) is 0 Å². The SMILES string of the molecule is c1ccc(-c2ccccc2N(c2ccc3c(c2)-c2ccccc2-c2ccccc2C32c3ccccc3-c3cc4c(cc32)oc2ccccc24)c2cccc3c2Oc2ccccc2-c2ccccc2-3)cc1. The number of hydrogen-bond donors (Lipinski definition) is 0. The van der Waals surface area contributed by atoms with Crippen LogP contribution in [0.15, 0.2) is 253 Å². The Balaban J connectivity index is 1.05. The molecular weight excluding hydrogens is 851 g/mol. The molecule has 1 unspecified atom stereocenters. The second kappa shape index (κ2) is 14.9. The number of ether oxygens (including phenoxy) is 1. The van der Waals surface area contributed by atoms with Gasteiger partial charge in [0.05, 0.1) is 16.8 Å². The van der Waals surface area contributed by atoms with E-state index in [0.29, 0.717) is 0 Å². The van der Waals surface area contributed by atoms with Gasteiger partial charge in [-0.2, -0.15) is 0 Å². The van der Waals surface area contributed by atoms with E-state index in [-0.39, 0.29) is 0 Å². The van der Waals surface area contributed by atoms with Gasteiger partial charge < -0.3 is 14.1 Å². The third-order valence-electron chi connectivity index (χ3n) is 15.1. The van der Waals surface area contributed by atoms with E-state index in [9.17, 15) is 0 Å². The largest absolute Gasteiger partial charge is 0.456 e. The number of hydrogen-bond acceptors (Lipinski definition) is 3. The first kappa shape index (κ1) is 38.9. The van der Waals surface area contributed by atoms with Crippen LogP contribution in [0.5, 0.6) is 11.5 Å². The summed E-state index contributed by atoms with van der Waals surface area (Å²) in [5.41, 5.74) is 22.9. The van der Waals surface area contributed by atoms with E-state index in [1.807, 2.05) is 0 Å². The summed E-state index contributed by atoms with van der Waals surface area (Å²) in [6, 6.07) is 90.7. The van der Waals surface area contributed by atoms with Gasteiger partial charge in [0, 0.05) is 33.2 Å². The molecule has 0 saturated carbocycles. The minimum atomic E-state index is -0.699. The zero-order chi connectivity index (χ0) is 45.9. The van der Waals surface area contributed by atoms with Crippen molar-refractivity contribution in [3.8, 4) is 78.3 Å². The van der Waals surface area contributed by atoms with Gasteiger partial charge in [-0.1, -0.05) is 200 Å². The molecule has 11 aromatic carbocycles. The molecule has 2 heterocycles. The predicted molar refractivity (Wildman–Crippen MR) is 287 cm³/mol. The van der Waals surface area contributed by atoms with Crippen molar-refractivity contribution in [1.29, 1.82) is 0 Å². The zero-order valence-corrected chi connectivity index (χ0v) is 37.9. The van der Waals surface area contributed by atoms with Crippen molar-refractivity contribution < 1.29 is 9.15 Å². The molecule has 2 aliphatic carbocycles. The number of para-hydroxylation sites is 4. The Bertz CT molecular complexity index is 4130. The molecule has 1 atom stereocenters. The van der Waals surface area contributed by atoms with Crippen LogP contribution in [-0.4, -0.2) is 0 Å². The van der Waals surface area contributed by atoms with Gasteiger partial charge >= 0.3 is 0 Å². The van der Waals surface area contributed by atoms with Gasteiger partial charge in [-0.3, -0.25) is 0 Å². The fraction of sp³-hybridized carbons (Fsp3) is 0.0149. The fourth-order valence-electron chi connectivity index (χ4n) is 12.2. The Morgan fingerprint density at radius 2 is 0.829 bits per heavy atom. The van der Waals surface area contributed by atoms with E-state index in [2.05, 4.69) is 254 Å². The molecule has 0 bridgehead atoms. The highest BCUT2D eigenvalue weighted by atomic mass is 16.5. The maximum absolute atomic E-state index is 7.28. The lowest BCUT2D eigenvalue weighted by Crippen LogP contribution is -2.29. The van der Waals surface area contributed by atoms with Crippen LogP contribution < -0.4 is 9.64 Å². The minimum Gasteiger partial charge on any atom is -0.456 e. The van der Waals surface area contributed by atoms with Crippen molar-refractivity contribution in [2.24, 2.45) is 0 Å². The molecule has 326 valence electrons. The lowest BCUT2D eigenvalue weighted by atomic mass is 9.66. The molecule has 0 fully saturated rings. The topological polar surface area (TPSA) is 25.6 Å². The molecule has 0 radical (unpaired) electrons. The molecule has 15 rings (SSSR count). The summed E-state index contributed by atoms with van der Waals surface area (Å²) in [5.74, 6) is 1.63. The third-order valence-corrected chi connectivity index (χ3v) is 15.1. The number of fused-ring (bicyclic) bond motifs is 20. The quantitative estimate of drug-likeness (QED) is 0.176. The van der Waals surface area contributed by atoms with Crippen molar-refractivity contribution in [3.63, 3.8) is 0 Å². The average molecular weight is 892 g/mol. The first-order valence-electron chi connectivity index (χ1n) is 24.1. The number of benzene rings is 11. The monoisotopic (exact) mass is 891 g/mol. The summed E-state index contributed by atoms with van der Waals surface area (Å²) in [5, 5.41) is 2.26. The molecule has 70 heavy (non-hydrogen) atoms. The van der Waals surface area contributed by atoms with Crippen LogP contribution >= 0.6 is 0 Å². The second-order valence-electron chi connectivity index (χ2n) is 18.6. The third kappa shape index (κ3) is 5.40. The van der Waals surface area contributed by atoms with Crippen molar-refractivity contribution in [2.45, 2.75) is 5.41 Å². The summed E-state index contributed by atoms with van der Waals surface area (Å²) in [6.45, 7) is 0.